The summed E-state index contributed by atoms with van der Waals surface area (Å²) in [5.41, 5.74) is 0. The van der Waals surface area contributed by atoms with Gasteiger partial charge < -0.3 is 15.3 Å². The fourth-order valence-corrected chi connectivity index (χ4v) is 1.45. The third-order valence-electron chi connectivity index (χ3n) is 1.81. The van der Waals surface area contributed by atoms with Crippen LogP contribution < -0.4 is 0 Å². The highest BCUT2D eigenvalue weighted by molar-refractivity contribution is 7.80. The monoisotopic (exact) mass is 251 g/mol. The lowest BCUT2D eigenvalue weighted by Crippen LogP contribution is -2.46. The molecule has 0 rings (SSSR count). The molecule has 7 nitrogen and oxygen atoms in total. The minimum absolute atomic E-state index is 0.0823. The molecule has 1 unspecified atom stereocenters. The second-order valence-corrected chi connectivity index (χ2v) is 3.51. The molecule has 0 aromatic rings. The number of aliphatic carboxylic acids is 3. The van der Waals surface area contributed by atoms with Gasteiger partial charge in [-0.1, -0.05) is 0 Å². The predicted octanol–water partition coefficient (Wildman–Crippen LogP) is -0.769. The van der Waals surface area contributed by atoms with Crippen molar-refractivity contribution in [3.8, 4) is 0 Å². The maximum absolute atomic E-state index is 10.8. The lowest BCUT2D eigenvalue weighted by molar-refractivity contribution is -0.149. The molecule has 92 valence electrons. The maximum Gasteiger partial charge on any atom is 0.320 e. The van der Waals surface area contributed by atoms with Crippen LogP contribution in [0.25, 0.3) is 0 Å². The second kappa shape index (κ2) is 7.07. The van der Waals surface area contributed by atoms with Crippen LogP contribution in [0.5, 0.6) is 0 Å². The number of rotatable bonds is 8. The van der Waals surface area contributed by atoms with E-state index in [9.17, 15) is 14.4 Å². The Morgan fingerprint density at radius 3 is 1.75 bits per heavy atom. The Labute approximate surface area is 97.1 Å². The van der Waals surface area contributed by atoms with Crippen LogP contribution in [0.3, 0.4) is 0 Å². The Hall–Kier alpha value is -1.28. The van der Waals surface area contributed by atoms with Crippen molar-refractivity contribution in [3.05, 3.63) is 0 Å². The number of carboxylic acids is 3. The molecule has 0 aliphatic heterocycles. The van der Waals surface area contributed by atoms with E-state index in [4.69, 9.17) is 15.3 Å². The largest absolute Gasteiger partial charge is 0.480 e. The summed E-state index contributed by atoms with van der Waals surface area (Å²) in [6.07, 6.45) is 0.0823. The molecule has 8 heteroatoms. The fourth-order valence-electron chi connectivity index (χ4n) is 1.21. The third kappa shape index (κ3) is 5.56. The molecule has 0 aliphatic rings. The van der Waals surface area contributed by atoms with Crippen molar-refractivity contribution in [1.29, 1.82) is 0 Å². The number of carbonyl (C=O) groups is 3. The van der Waals surface area contributed by atoms with Gasteiger partial charge in [0.15, 0.2) is 0 Å². The first-order valence-corrected chi connectivity index (χ1v) is 5.03. The van der Waals surface area contributed by atoms with Gasteiger partial charge in [0, 0.05) is 0 Å². The summed E-state index contributed by atoms with van der Waals surface area (Å²) in [5, 5.41) is 25.9. The van der Waals surface area contributed by atoms with Crippen LogP contribution in [0.4, 0.5) is 0 Å². The molecular formula is C8H13NO6S. The molecule has 0 bridgehead atoms. The molecule has 0 amide bonds. The lowest BCUT2D eigenvalue weighted by Gasteiger charge is -2.24. The van der Waals surface area contributed by atoms with Crippen LogP contribution in [0, 0.1) is 0 Å². The number of thiol groups is 1. The van der Waals surface area contributed by atoms with Gasteiger partial charge in [0.2, 0.25) is 0 Å². The van der Waals surface area contributed by atoms with Crippen molar-refractivity contribution in [2.45, 2.75) is 12.5 Å². The molecule has 16 heavy (non-hydrogen) atoms. The van der Waals surface area contributed by atoms with E-state index in [0.717, 1.165) is 4.90 Å². The summed E-state index contributed by atoms with van der Waals surface area (Å²) < 4.78 is 0. The zero-order chi connectivity index (χ0) is 12.7. The van der Waals surface area contributed by atoms with E-state index in [1.807, 2.05) is 0 Å². The summed E-state index contributed by atoms with van der Waals surface area (Å²) in [4.78, 5) is 32.7. The van der Waals surface area contributed by atoms with Gasteiger partial charge in [0.25, 0.3) is 0 Å². The Kier molecular flexibility index (Phi) is 6.50. The van der Waals surface area contributed by atoms with Crippen molar-refractivity contribution in [2.24, 2.45) is 0 Å². The van der Waals surface area contributed by atoms with Gasteiger partial charge in [0.1, 0.15) is 6.04 Å². The van der Waals surface area contributed by atoms with Gasteiger partial charge in [-0.25, -0.2) is 0 Å². The van der Waals surface area contributed by atoms with Crippen LogP contribution in [0.2, 0.25) is 0 Å². The van der Waals surface area contributed by atoms with E-state index in [-0.39, 0.29) is 12.2 Å². The number of carboxylic acid groups (broad SMARTS) is 3. The van der Waals surface area contributed by atoms with E-state index < -0.39 is 37.0 Å². The van der Waals surface area contributed by atoms with Gasteiger partial charge in [-0.15, -0.1) is 0 Å². The van der Waals surface area contributed by atoms with Gasteiger partial charge in [-0.05, 0) is 12.2 Å². The van der Waals surface area contributed by atoms with E-state index in [2.05, 4.69) is 12.6 Å². The fraction of sp³-hybridized carbons (Fsp3) is 0.625. The van der Waals surface area contributed by atoms with E-state index in [1.165, 1.54) is 0 Å². The van der Waals surface area contributed by atoms with Crippen molar-refractivity contribution in [1.82, 2.24) is 4.90 Å². The SMILES string of the molecule is O=C(O)CN(CC(=O)O)C(CCS)C(=O)O. The van der Waals surface area contributed by atoms with Crippen molar-refractivity contribution in [3.63, 3.8) is 0 Å². The summed E-state index contributed by atoms with van der Waals surface area (Å²) >= 11 is 3.85. The minimum atomic E-state index is -1.27. The molecule has 0 saturated heterocycles. The van der Waals surface area contributed by atoms with E-state index >= 15 is 0 Å². The molecule has 0 saturated carbocycles. The summed E-state index contributed by atoms with van der Waals surface area (Å²) in [6, 6.07) is -1.15. The zero-order valence-corrected chi connectivity index (χ0v) is 9.26. The standard InChI is InChI=1S/C8H13NO6S/c10-6(11)3-9(4-7(12)13)5(1-2-16)8(14)15/h5,16H,1-4H2,(H,10,11)(H,12,13)(H,14,15). The first kappa shape index (κ1) is 14.7. The molecular weight excluding hydrogens is 238 g/mol. The molecule has 0 fully saturated rings. The highest BCUT2D eigenvalue weighted by Crippen LogP contribution is 2.06. The summed E-state index contributed by atoms with van der Waals surface area (Å²) in [6.45, 7) is -1.26. The van der Waals surface area contributed by atoms with Crippen molar-refractivity contribution in [2.75, 3.05) is 18.8 Å². The highest BCUT2D eigenvalue weighted by atomic mass is 32.1. The molecule has 0 aromatic heterocycles. The molecule has 0 radical (unpaired) electrons. The minimum Gasteiger partial charge on any atom is -0.480 e. The van der Waals surface area contributed by atoms with Gasteiger partial charge in [-0.3, -0.25) is 19.3 Å². The predicted molar refractivity (Wildman–Crippen MR) is 56.7 cm³/mol. The van der Waals surface area contributed by atoms with Gasteiger partial charge >= 0.3 is 17.9 Å². The number of hydrogen-bond donors (Lipinski definition) is 4. The second-order valence-electron chi connectivity index (χ2n) is 3.06. The van der Waals surface area contributed by atoms with Gasteiger partial charge in [-0.2, -0.15) is 12.6 Å². The Bertz CT molecular complexity index is 266. The van der Waals surface area contributed by atoms with Crippen molar-refractivity contribution >= 4 is 30.5 Å². The van der Waals surface area contributed by atoms with Crippen LogP contribution >= 0.6 is 12.6 Å². The first-order chi connectivity index (χ1) is 7.38. The normalized spacial score (nSPS) is 12.4. The molecule has 0 spiro atoms. The van der Waals surface area contributed by atoms with Crippen LogP contribution in [0.15, 0.2) is 0 Å². The quantitative estimate of drug-likeness (QED) is 0.419. The van der Waals surface area contributed by atoms with E-state index in [0.29, 0.717) is 0 Å². The molecule has 0 aliphatic carbocycles. The number of nitrogens with zero attached hydrogens (tertiary/aromatic N) is 1. The Morgan fingerprint density at radius 1 is 1.06 bits per heavy atom. The molecule has 0 aromatic carbocycles. The topological polar surface area (TPSA) is 115 Å². The third-order valence-corrected chi connectivity index (χ3v) is 2.06. The maximum atomic E-state index is 10.8. The summed E-state index contributed by atoms with van der Waals surface area (Å²) in [5.74, 6) is -3.57. The Morgan fingerprint density at radius 2 is 1.50 bits per heavy atom. The average Bonchev–Trinajstić information content (AvgIpc) is 2.10. The smallest absolute Gasteiger partial charge is 0.320 e. The van der Waals surface area contributed by atoms with Crippen molar-refractivity contribution < 1.29 is 29.7 Å². The molecule has 0 heterocycles. The Balaban J connectivity index is 4.72. The van der Waals surface area contributed by atoms with Crippen LogP contribution in [-0.2, 0) is 14.4 Å². The number of hydrogen-bond acceptors (Lipinski definition) is 5. The summed E-state index contributed by atoms with van der Waals surface area (Å²) in [7, 11) is 0. The van der Waals surface area contributed by atoms with Gasteiger partial charge in [0.05, 0.1) is 13.1 Å². The zero-order valence-electron chi connectivity index (χ0n) is 8.37. The molecule has 3 N–H and O–H groups in total. The highest BCUT2D eigenvalue weighted by Gasteiger charge is 2.28. The first-order valence-electron chi connectivity index (χ1n) is 4.39. The van der Waals surface area contributed by atoms with Crippen LogP contribution in [-0.4, -0.2) is 63.0 Å². The average molecular weight is 251 g/mol. The molecule has 1 atom stereocenters. The van der Waals surface area contributed by atoms with Crippen LogP contribution in [0.1, 0.15) is 6.42 Å². The lowest BCUT2D eigenvalue weighted by atomic mass is 10.2. The van der Waals surface area contributed by atoms with E-state index in [1.54, 1.807) is 0 Å².